The number of aliphatic hydroxyl groups is 5. The number of carbonyl (C=O) groups excluding carboxylic acids is 1. The molecule has 7 aliphatic rings. The Hall–Kier alpha value is -0.650. The van der Waals surface area contributed by atoms with Gasteiger partial charge in [0, 0.05) is 31.5 Å². The number of nitrogens with zero attached hydrogens (tertiary/aromatic N) is 1. The van der Waals surface area contributed by atoms with Gasteiger partial charge in [0.05, 0.1) is 18.3 Å². The second kappa shape index (κ2) is 10.7. The summed E-state index contributed by atoms with van der Waals surface area (Å²) >= 11 is 0. The van der Waals surface area contributed by atoms with Crippen LogP contribution >= 0.6 is 0 Å². The predicted molar refractivity (Wildman–Crippen MR) is 153 cm³/mol. The van der Waals surface area contributed by atoms with Crippen molar-refractivity contribution in [2.24, 2.45) is 52.8 Å². The summed E-state index contributed by atoms with van der Waals surface area (Å²) in [4.78, 5) is 16.5. The average molecular weight is 592 g/mol. The van der Waals surface area contributed by atoms with Gasteiger partial charge >= 0.3 is 0 Å². The summed E-state index contributed by atoms with van der Waals surface area (Å²) in [6, 6.07) is 0.276. The highest BCUT2D eigenvalue weighted by Crippen LogP contribution is 2.66. The van der Waals surface area contributed by atoms with Gasteiger partial charge in [-0.25, -0.2) is 0 Å². The van der Waals surface area contributed by atoms with Crippen molar-refractivity contribution in [1.82, 2.24) is 4.90 Å². The smallest absolute Gasteiger partial charge is 0.186 e. The standard InChI is InChI=1S/C33H53NO8/c1-16-4-7-27-33(3,40)22-6-5-18-19(21(22)14-34(27)13-16)11-23-20(18)12-25(36)24-10-17(8-9-32(23,24)2)41-31-30(39)29(38)28(37)26(15-35)42-31/h16-24,26-31,35,37-40H,4-15H2,1-3H3/t16-,17+,18-,19+,20-,21+,22-,23-,24-,26+,27-,28-,29-,30-,31+,32-,33+/m1/s1. The summed E-state index contributed by atoms with van der Waals surface area (Å²) in [5.41, 5.74) is -0.745. The molecule has 3 heterocycles. The van der Waals surface area contributed by atoms with Crippen LogP contribution in [0.4, 0.5) is 0 Å². The summed E-state index contributed by atoms with van der Waals surface area (Å²) in [7, 11) is 0. The fourth-order valence-electron chi connectivity index (χ4n) is 11.8. The van der Waals surface area contributed by atoms with Gasteiger partial charge in [-0.3, -0.25) is 9.69 Å². The molecule has 0 amide bonds. The Balaban J connectivity index is 1.07. The topological polar surface area (TPSA) is 140 Å². The third-order valence-corrected chi connectivity index (χ3v) is 14.0. The maximum atomic E-state index is 13.9. The lowest BCUT2D eigenvalue weighted by Gasteiger charge is -2.59. The Morgan fingerprint density at radius 3 is 2.45 bits per heavy atom. The number of fused-ring (bicyclic) bond motifs is 8. The molecule has 0 aromatic rings. The highest BCUT2D eigenvalue weighted by Gasteiger charge is 2.64. The van der Waals surface area contributed by atoms with Crippen LogP contribution in [-0.2, 0) is 14.3 Å². The van der Waals surface area contributed by atoms with Crippen molar-refractivity contribution >= 4 is 5.78 Å². The van der Waals surface area contributed by atoms with Gasteiger partial charge in [-0.2, -0.15) is 0 Å². The first-order valence-electron chi connectivity index (χ1n) is 16.9. The molecule has 9 nitrogen and oxygen atoms in total. The number of piperidine rings is 2. The van der Waals surface area contributed by atoms with Crippen LogP contribution in [-0.4, -0.2) is 104 Å². The molecule has 0 bridgehead atoms. The lowest BCUT2D eigenvalue weighted by atomic mass is 9.51. The van der Waals surface area contributed by atoms with Gasteiger partial charge < -0.3 is 35.0 Å². The van der Waals surface area contributed by atoms with Gasteiger partial charge in [0.15, 0.2) is 6.29 Å². The van der Waals surface area contributed by atoms with Crippen molar-refractivity contribution in [3.05, 3.63) is 0 Å². The zero-order valence-electron chi connectivity index (χ0n) is 25.6. The quantitative estimate of drug-likeness (QED) is 0.310. The van der Waals surface area contributed by atoms with E-state index >= 15 is 0 Å². The zero-order valence-corrected chi connectivity index (χ0v) is 25.6. The van der Waals surface area contributed by atoms with Gasteiger partial charge in [-0.1, -0.05) is 13.8 Å². The third-order valence-electron chi connectivity index (χ3n) is 14.0. The minimum Gasteiger partial charge on any atom is -0.394 e. The molecule has 4 saturated carbocycles. The molecule has 9 heteroatoms. The molecule has 238 valence electrons. The lowest BCUT2D eigenvalue weighted by molar-refractivity contribution is -0.315. The Morgan fingerprint density at radius 1 is 0.905 bits per heavy atom. The highest BCUT2D eigenvalue weighted by atomic mass is 16.7. The molecule has 7 rings (SSSR count). The average Bonchev–Trinajstić information content (AvgIpc) is 3.33. The second-order valence-electron chi connectivity index (χ2n) is 16.0. The van der Waals surface area contributed by atoms with Gasteiger partial charge in [0.1, 0.15) is 30.2 Å². The van der Waals surface area contributed by atoms with Crippen molar-refractivity contribution in [3.63, 3.8) is 0 Å². The molecule has 0 aromatic heterocycles. The number of aliphatic hydroxyl groups excluding tert-OH is 4. The Kier molecular flexibility index (Phi) is 7.66. The summed E-state index contributed by atoms with van der Waals surface area (Å²) in [5.74, 6) is 3.79. The minimum absolute atomic E-state index is 0.0958. The number of carbonyl (C=O) groups is 1. The maximum Gasteiger partial charge on any atom is 0.186 e. The molecule has 0 radical (unpaired) electrons. The number of ketones is 1. The fourth-order valence-corrected chi connectivity index (χ4v) is 11.8. The largest absolute Gasteiger partial charge is 0.394 e. The van der Waals surface area contributed by atoms with Crippen LogP contribution in [0.1, 0.15) is 78.6 Å². The van der Waals surface area contributed by atoms with E-state index in [1.54, 1.807) is 0 Å². The van der Waals surface area contributed by atoms with Gasteiger partial charge in [0.2, 0.25) is 0 Å². The second-order valence-corrected chi connectivity index (χ2v) is 16.0. The van der Waals surface area contributed by atoms with Crippen molar-refractivity contribution in [1.29, 1.82) is 0 Å². The van der Waals surface area contributed by atoms with Crippen molar-refractivity contribution in [3.8, 4) is 0 Å². The molecule has 0 spiro atoms. The zero-order chi connectivity index (χ0) is 29.7. The Morgan fingerprint density at radius 2 is 1.69 bits per heavy atom. The Labute approximate surface area is 249 Å². The van der Waals surface area contributed by atoms with Gasteiger partial charge in [-0.05, 0) is 105 Å². The molecule has 3 aliphatic heterocycles. The van der Waals surface area contributed by atoms with Gasteiger partial charge in [-0.15, -0.1) is 0 Å². The van der Waals surface area contributed by atoms with E-state index in [4.69, 9.17) is 9.47 Å². The first kappa shape index (κ1) is 30.0. The maximum absolute atomic E-state index is 13.9. The van der Waals surface area contributed by atoms with Crippen LogP contribution in [0.2, 0.25) is 0 Å². The van der Waals surface area contributed by atoms with E-state index in [9.17, 15) is 30.3 Å². The third kappa shape index (κ3) is 4.50. The summed E-state index contributed by atoms with van der Waals surface area (Å²) < 4.78 is 11.8. The van der Waals surface area contributed by atoms with E-state index < -0.39 is 42.9 Å². The SMILES string of the molecule is C[C@@H]1CC[C@H]2N(C1)C[C@H]1[C@H]3C[C@@H]4[C@H](CC(=O)[C@H]5C[C@@H](O[C@H]6O[C@@H](CO)[C@@H](O)[C@@H](O)[C@H]6O)CC[C@@]54C)[C@@H]3CC[C@H]1[C@]2(C)O. The van der Waals surface area contributed by atoms with Gasteiger partial charge in [0.25, 0.3) is 0 Å². The number of hydrogen-bond acceptors (Lipinski definition) is 9. The molecule has 3 saturated heterocycles. The molecular formula is C33H53NO8. The summed E-state index contributed by atoms with van der Waals surface area (Å²) in [5, 5.41) is 52.4. The normalized spacial score (nSPS) is 57.9. The Bertz CT molecular complexity index is 1040. The van der Waals surface area contributed by atoms with Crippen LogP contribution in [0.25, 0.3) is 0 Å². The number of Topliss-reactive ketones (excluding diaryl/α,β-unsaturated/α-hetero) is 1. The van der Waals surface area contributed by atoms with E-state index in [1.807, 2.05) is 0 Å². The highest BCUT2D eigenvalue weighted by molar-refractivity contribution is 5.83. The lowest BCUT2D eigenvalue weighted by Crippen LogP contribution is -2.67. The van der Waals surface area contributed by atoms with Crippen LogP contribution in [0, 0.1) is 52.8 Å². The van der Waals surface area contributed by atoms with Crippen LogP contribution in [0.5, 0.6) is 0 Å². The van der Waals surface area contributed by atoms with Crippen LogP contribution in [0.3, 0.4) is 0 Å². The number of hydrogen-bond donors (Lipinski definition) is 5. The van der Waals surface area contributed by atoms with E-state index in [0.29, 0.717) is 60.1 Å². The van der Waals surface area contributed by atoms with Crippen LogP contribution < -0.4 is 0 Å². The van der Waals surface area contributed by atoms with E-state index in [-0.39, 0.29) is 23.5 Å². The molecule has 7 fully saturated rings. The predicted octanol–water partition coefficient (Wildman–Crippen LogP) is 1.71. The molecule has 0 unspecified atom stereocenters. The molecular weight excluding hydrogens is 538 g/mol. The fraction of sp³-hybridized carbons (Fsp3) is 0.970. The van der Waals surface area contributed by atoms with Crippen molar-refractivity contribution in [2.45, 2.75) is 127 Å². The monoisotopic (exact) mass is 591 g/mol. The van der Waals surface area contributed by atoms with E-state index in [1.165, 1.54) is 6.42 Å². The molecule has 4 aliphatic carbocycles. The van der Waals surface area contributed by atoms with Crippen LogP contribution in [0.15, 0.2) is 0 Å². The first-order chi connectivity index (χ1) is 19.9. The molecule has 5 N–H and O–H groups in total. The minimum atomic E-state index is -1.47. The number of rotatable bonds is 3. The molecule has 17 atom stereocenters. The first-order valence-corrected chi connectivity index (χ1v) is 16.9. The summed E-state index contributed by atoms with van der Waals surface area (Å²) in [6.45, 7) is 8.49. The summed E-state index contributed by atoms with van der Waals surface area (Å²) in [6.07, 6.45) is 1.67. The van der Waals surface area contributed by atoms with Crippen molar-refractivity contribution in [2.75, 3.05) is 19.7 Å². The van der Waals surface area contributed by atoms with Crippen molar-refractivity contribution < 1.29 is 39.8 Å². The number of ether oxygens (including phenoxy) is 2. The van der Waals surface area contributed by atoms with E-state index in [2.05, 4.69) is 25.7 Å². The van der Waals surface area contributed by atoms with E-state index in [0.717, 1.165) is 51.6 Å². The molecule has 42 heavy (non-hydrogen) atoms. The molecule has 0 aromatic carbocycles.